The predicted octanol–water partition coefficient (Wildman–Crippen LogP) is 0.178. The molecule has 3 rings (SSSR count). The van der Waals surface area contributed by atoms with E-state index in [4.69, 9.17) is 0 Å². The molecule has 2 aliphatic heterocycles. The summed E-state index contributed by atoms with van der Waals surface area (Å²) >= 11 is 0. The van der Waals surface area contributed by atoms with Gasteiger partial charge in [0.2, 0.25) is 16.0 Å². The number of carboxylic acid groups (broad SMARTS) is 1. The molecule has 2 atom stereocenters. The minimum Gasteiger partial charge on any atom is -0.481 e. The Morgan fingerprint density at radius 2 is 2.04 bits per heavy atom. The average Bonchev–Trinajstić information content (AvgIpc) is 2.78. The third-order valence-electron chi connectivity index (χ3n) is 4.94. The molecule has 1 aromatic rings. The van der Waals surface area contributed by atoms with E-state index in [1.165, 1.54) is 4.31 Å². The monoisotopic (exact) mass is 358 g/mol. The quantitative estimate of drug-likeness (QED) is 0.822. The highest BCUT2D eigenvalue weighted by molar-refractivity contribution is 7.88. The molecule has 1 N–H and O–H groups in total. The van der Waals surface area contributed by atoms with Gasteiger partial charge in [0.15, 0.2) is 5.82 Å². The molecule has 0 unspecified atom stereocenters. The van der Waals surface area contributed by atoms with E-state index in [0.717, 1.165) is 18.6 Å². The number of fused-ring (bicyclic) bond motifs is 1. The molecule has 0 bridgehead atoms. The summed E-state index contributed by atoms with van der Waals surface area (Å²) in [5.41, 5.74) is -1.10. The van der Waals surface area contributed by atoms with Crippen LogP contribution in [0, 0.1) is 17.2 Å². The maximum Gasteiger partial charge on any atom is 0.311 e. The summed E-state index contributed by atoms with van der Waals surface area (Å²) in [5, 5.41) is 9.78. The van der Waals surface area contributed by atoms with Gasteiger partial charge in [-0.1, -0.05) is 0 Å². The molecule has 0 radical (unpaired) electrons. The van der Waals surface area contributed by atoms with Gasteiger partial charge in [0.25, 0.3) is 0 Å². The van der Waals surface area contributed by atoms with Crippen LogP contribution in [0.3, 0.4) is 0 Å². The smallest absolute Gasteiger partial charge is 0.311 e. The Bertz CT molecular complexity index is 742. The number of anilines is 1. The van der Waals surface area contributed by atoms with Gasteiger partial charge in [-0.05, 0) is 12.8 Å². The second-order valence-corrected chi connectivity index (χ2v) is 8.45. The van der Waals surface area contributed by atoms with E-state index in [1.807, 2.05) is 0 Å². The molecule has 2 saturated heterocycles. The number of carboxylic acids is 1. The lowest BCUT2D eigenvalue weighted by atomic mass is 9.75. The Balaban J connectivity index is 1.91. The molecule has 1 aromatic heterocycles. The summed E-state index contributed by atoms with van der Waals surface area (Å²) in [6.45, 7) is 1.02. The predicted molar refractivity (Wildman–Crippen MR) is 83.4 cm³/mol. The van der Waals surface area contributed by atoms with Crippen LogP contribution in [0.4, 0.5) is 10.3 Å². The van der Waals surface area contributed by atoms with Crippen molar-refractivity contribution in [3.05, 3.63) is 18.2 Å². The van der Waals surface area contributed by atoms with E-state index in [-0.39, 0.29) is 19.0 Å². The Kier molecular flexibility index (Phi) is 4.20. The molecular weight excluding hydrogens is 339 g/mol. The van der Waals surface area contributed by atoms with Crippen molar-refractivity contribution in [3.63, 3.8) is 0 Å². The Morgan fingerprint density at radius 1 is 1.38 bits per heavy atom. The number of carbonyl (C=O) groups is 1. The number of halogens is 1. The van der Waals surface area contributed by atoms with Crippen molar-refractivity contribution in [3.8, 4) is 0 Å². The van der Waals surface area contributed by atoms with Crippen molar-refractivity contribution < 1.29 is 22.7 Å². The van der Waals surface area contributed by atoms with Crippen LogP contribution in [0.2, 0.25) is 0 Å². The van der Waals surface area contributed by atoms with E-state index < -0.39 is 27.2 Å². The lowest BCUT2D eigenvalue weighted by molar-refractivity contribution is -0.150. The molecule has 0 spiro atoms. The fourth-order valence-corrected chi connectivity index (χ4v) is 4.56. The largest absolute Gasteiger partial charge is 0.481 e. The Hall–Kier alpha value is -1.81. The number of aliphatic carboxylic acids is 1. The van der Waals surface area contributed by atoms with Gasteiger partial charge in [0.1, 0.15) is 0 Å². The van der Waals surface area contributed by atoms with Crippen LogP contribution in [-0.2, 0) is 14.8 Å². The van der Waals surface area contributed by atoms with Crippen LogP contribution in [0.5, 0.6) is 0 Å². The fourth-order valence-electron chi connectivity index (χ4n) is 3.64. The molecule has 3 heterocycles. The summed E-state index contributed by atoms with van der Waals surface area (Å²) in [5.74, 6) is -1.56. The highest BCUT2D eigenvalue weighted by Gasteiger charge is 2.55. The first-order valence-corrected chi connectivity index (χ1v) is 9.48. The third kappa shape index (κ3) is 2.95. The zero-order valence-corrected chi connectivity index (χ0v) is 14.0. The fraction of sp³-hybridized carbons (Fsp3) is 0.643. The molecule has 8 nitrogen and oxygen atoms in total. The zero-order chi connectivity index (χ0) is 17.5. The van der Waals surface area contributed by atoms with Gasteiger partial charge in [-0.3, -0.25) is 4.79 Å². The maximum absolute atomic E-state index is 13.0. The molecule has 2 fully saturated rings. The van der Waals surface area contributed by atoms with Gasteiger partial charge in [-0.25, -0.2) is 27.1 Å². The standard InChI is InChI=1S/C14H19FN4O4S/c1-24(22,23)19-8-10-7-18(13-16-5-11(15)6-17-13)4-2-3-14(10,9-19)12(20)21/h5-6,10H,2-4,7-9H2,1H3,(H,20,21)/t10-,14-/m1/s1. The normalized spacial score (nSPS) is 28.4. The molecule has 0 aliphatic carbocycles. The second-order valence-electron chi connectivity index (χ2n) is 6.46. The lowest BCUT2D eigenvalue weighted by Gasteiger charge is -2.29. The van der Waals surface area contributed by atoms with Crippen LogP contribution in [0.25, 0.3) is 0 Å². The number of nitrogens with zero attached hydrogens (tertiary/aromatic N) is 4. The van der Waals surface area contributed by atoms with Crippen molar-refractivity contribution >= 4 is 21.9 Å². The topological polar surface area (TPSA) is 104 Å². The molecule has 0 saturated carbocycles. The van der Waals surface area contributed by atoms with Gasteiger partial charge >= 0.3 is 5.97 Å². The maximum atomic E-state index is 13.0. The van der Waals surface area contributed by atoms with E-state index in [0.29, 0.717) is 31.9 Å². The van der Waals surface area contributed by atoms with Crippen molar-refractivity contribution in [2.45, 2.75) is 12.8 Å². The summed E-state index contributed by atoms with van der Waals surface area (Å²) in [4.78, 5) is 21.7. The minimum atomic E-state index is -3.46. The Labute approximate surface area is 139 Å². The molecular formula is C14H19FN4O4S. The molecule has 10 heteroatoms. The summed E-state index contributed by atoms with van der Waals surface area (Å²) < 4.78 is 38.0. The van der Waals surface area contributed by atoms with E-state index in [1.54, 1.807) is 4.90 Å². The second kappa shape index (κ2) is 5.92. The Morgan fingerprint density at radius 3 is 2.62 bits per heavy atom. The average molecular weight is 358 g/mol. The van der Waals surface area contributed by atoms with Crippen molar-refractivity contribution in [1.82, 2.24) is 14.3 Å². The first-order chi connectivity index (χ1) is 11.2. The molecule has 24 heavy (non-hydrogen) atoms. The molecule has 0 amide bonds. The van der Waals surface area contributed by atoms with Crippen LogP contribution >= 0.6 is 0 Å². The summed E-state index contributed by atoms with van der Waals surface area (Å²) in [6, 6.07) is 0. The molecule has 2 aliphatic rings. The van der Waals surface area contributed by atoms with Gasteiger partial charge in [-0.15, -0.1) is 0 Å². The number of aromatic nitrogens is 2. The number of rotatable bonds is 3. The molecule has 0 aromatic carbocycles. The SMILES string of the molecule is CS(=O)(=O)N1C[C@H]2CN(c3ncc(F)cn3)CCC[C@@]2(C(=O)O)C1. The van der Waals surface area contributed by atoms with Crippen LogP contribution in [0.15, 0.2) is 12.4 Å². The first-order valence-electron chi connectivity index (χ1n) is 7.63. The van der Waals surface area contributed by atoms with Crippen LogP contribution in [-0.4, -0.2) is 66.2 Å². The van der Waals surface area contributed by atoms with E-state index in [9.17, 15) is 22.7 Å². The van der Waals surface area contributed by atoms with Crippen molar-refractivity contribution in [2.75, 3.05) is 37.3 Å². The first kappa shape index (κ1) is 17.0. The van der Waals surface area contributed by atoms with Gasteiger partial charge in [-0.2, -0.15) is 0 Å². The van der Waals surface area contributed by atoms with E-state index >= 15 is 0 Å². The minimum absolute atomic E-state index is 0.00997. The van der Waals surface area contributed by atoms with Gasteiger partial charge < -0.3 is 10.0 Å². The van der Waals surface area contributed by atoms with Crippen LogP contribution in [0.1, 0.15) is 12.8 Å². The number of hydrogen-bond acceptors (Lipinski definition) is 6. The zero-order valence-electron chi connectivity index (χ0n) is 13.2. The van der Waals surface area contributed by atoms with E-state index in [2.05, 4.69) is 9.97 Å². The van der Waals surface area contributed by atoms with Gasteiger partial charge in [0.05, 0.1) is 24.1 Å². The highest BCUT2D eigenvalue weighted by Crippen LogP contribution is 2.44. The summed E-state index contributed by atoms with van der Waals surface area (Å²) in [7, 11) is -3.46. The van der Waals surface area contributed by atoms with Crippen LogP contribution < -0.4 is 4.90 Å². The summed E-state index contributed by atoms with van der Waals surface area (Å²) in [6.07, 6.45) is 4.18. The van der Waals surface area contributed by atoms with Crippen molar-refractivity contribution in [1.29, 1.82) is 0 Å². The third-order valence-corrected chi connectivity index (χ3v) is 6.16. The lowest BCUT2D eigenvalue weighted by Crippen LogP contribution is -2.41. The van der Waals surface area contributed by atoms with Gasteiger partial charge in [0, 0.05) is 32.1 Å². The molecule has 132 valence electrons. The van der Waals surface area contributed by atoms with Crippen molar-refractivity contribution in [2.24, 2.45) is 11.3 Å². The number of hydrogen-bond donors (Lipinski definition) is 1. The number of sulfonamides is 1. The highest BCUT2D eigenvalue weighted by atomic mass is 32.2.